The second kappa shape index (κ2) is 5.54. The van der Waals surface area contributed by atoms with Crippen molar-refractivity contribution in [3.63, 3.8) is 0 Å². The summed E-state index contributed by atoms with van der Waals surface area (Å²) in [5.74, 6) is 1.35. The maximum Gasteiger partial charge on any atom is 0.257 e. The molecule has 19 heavy (non-hydrogen) atoms. The van der Waals surface area contributed by atoms with E-state index < -0.39 is 0 Å². The molecule has 1 aromatic heterocycles. The molecule has 7 heteroatoms. The van der Waals surface area contributed by atoms with Gasteiger partial charge in [0.1, 0.15) is 6.10 Å². The van der Waals surface area contributed by atoms with Gasteiger partial charge in [0.2, 0.25) is 0 Å². The molecule has 2 unspecified atom stereocenters. The molecule has 0 spiro atoms. The molecule has 2 aliphatic rings. The van der Waals surface area contributed by atoms with Crippen LogP contribution in [0, 0.1) is 0 Å². The number of hydrogen-bond donors (Lipinski definition) is 1. The van der Waals surface area contributed by atoms with Gasteiger partial charge in [-0.25, -0.2) is 0 Å². The summed E-state index contributed by atoms with van der Waals surface area (Å²) in [4.78, 5) is 9.09. The molecule has 3 rings (SSSR count). The molecule has 0 aliphatic carbocycles. The molecule has 1 aromatic rings. The second-order valence-corrected chi connectivity index (χ2v) is 5.31. The summed E-state index contributed by atoms with van der Waals surface area (Å²) in [6, 6.07) is 0.202. The third kappa shape index (κ3) is 2.79. The molecular formula is C12H21N5O2. The van der Waals surface area contributed by atoms with Crippen LogP contribution >= 0.6 is 0 Å². The summed E-state index contributed by atoms with van der Waals surface area (Å²) in [6.45, 7) is 5.34. The van der Waals surface area contributed by atoms with Gasteiger partial charge in [0.05, 0.1) is 12.6 Å². The van der Waals surface area contributed by atoms with Gasteiger partial charge in [0.15, 0.2) is 5.82 Å². The smallest absolute Gasteiger partial charge is 0.257 e. The Labute approximate surface area is 112 Å². The van der Waals surface area contributed by atoms with Crippen molar-refractivity contribution in [2.45, 2.75) is 12.1 Å². The van der Waals surface area contributed by atoms with Crippen molar-refractivity contribution in [3.05, 3.63) is 11.7 Å². The Morgan fingerprint density at radius 1 is 1.32 bits per heavy atom. The first-order valence-electron chi connectivity index (χ1n) is 6.78. The van der Waals surface area contributed by atoms with E-state index in [1.165, 1.54) is 0 Å². The molecule has 106 valence electrons. The fourth-order valence-corrected chi connectivity index (χ4v) is 2.53. The number of hydrogen-bond acceptors (Lipinski definition) is 7. The fraction of sp³-hybridized carbons (Fsp3) is 0.833. The maximum absolute atomic E-state index is 5.63. The second-order valence-electron chi connectivity index (χ2n) is 5.31. The minimum absolute atomic E-state index is 0.110. The molecule has 2 atom stereocenters. The third-order valence-electron chi connectivity index (χ3n) is 3.81. The zero-order valence-electron chi connectivity index (χ0n) is 11.5. The lowest BCUT2D eigenvalue weighted by atomic mass is 10.2. The average Bonchev–Trinajstić information content (AvgIpc) is 2.92. The number of aromatic nitrogens is 2. The Bertz CT molecular complexity index is 418. The summed E-state index contributed by atoms with van der Waals surface area (Å²) in [6.07, 6.45) is -0.110. The van der Waals surface area contributed by atoms with Crippen LogP contribution in [0.2, 0.25) is 0 Å². The van der Waals surface area contributed by atoms with E-state index in [0.29, 0.717) is 12.5 Å². The van der Waals surface area contributed by atoms with Gasteiger partial charge in [-0.1, -0.05) is 5.16 Å². The fourth-order valence-electron chi connectivity index (χ4n) is 2.53. The van der Waals surface area contributed by atoms with Crippen LogP contribution in [0.3, 0.4) is 0 Å². The van der Waals surface area contributed by atoms with Gasteiger partial charge in [-0.05, 0) is 14.1 Å². The SMILES string of the molecule is CN1CCN(C)C(c2noc(C3CNCCO3)n2)C1. The van der Waals surface area contributed by atoms with Crippen LogP contribution in [-0.2, 0) is 4.74 Å². The summed E-state index contributed by atoms with van der Waals surface area (Å²) < 4.78 is 11.0. The van der Waals surface area contributed by atoms with Crippen molar-refractivity contribution in [2.24, 2.45) is 0 Å². The molecule has 0 radical (unpaired) electrons. The number of nitrogens with one attached hydrogen (secondary N) is 1. The number of rotatable bonds is 2. The molecule has 2 aliphatic heterocycles. The van der Waals surface area contributed by atoms with E-state index in [1.54, 1.807) is 0 Å². The predicted octanol–water partition coefficient (Wildman–Crippen LogP) is -0.351. The molecule has 0 aromatic carbocycles. The van der Waals surface area contributed by atoms with Crippen LogP contribution in [0.15, 0.2) is 4.52 Å². The quantitative estimate of drug-likeness (QED) is 0.785. The number of ether oxygens (including phenoxy) is 1. The van der Waals surface area contributed by atoms with Crippen LogP contribution in [0.1, 0.15) is 23.9 Å². The highest BCUT2D eigenvalue weighted by atomic mass is 16.5. The van der Waals surface area contributed by atoms with Crippen molar-refractivity contribution in [2.75, 3.05) is 53.4 Å². The molecule has 1 N–H and O–H groups in total. The lowest BCUT2D eigenvalue weighted by Gasteiger charge is -2.35. The number of piperazine rings is 1. The lowest BCUT2D eigenvalue weighted by Crippen LogP contribution is -2.45. The van der Waals surface area contributed by atoms with Gasteiger partial charge in [0.25, 0.3) is 5.89 Å². The highest BCUT2D eigenvalue weighted by Gasteiger charge is 2.30. The summed E-state index contributed by atoms with van der Waals surface area (Å²) in [5, 5.41) is 7.40. The van der Waals surface area contributed by atoms with Crippen molar-refractivity contribution < 1.29 is 9.26 Å². The zero-order valence-corrected chi connectivity index (χ0v) is 11.5. The van der Waals surface area contributed by atoms with E-state index in [9.17, 15) is 0 Å². The summed E-state index contributed by atoms with van der Waals surface area (Å²) in [5.41, 5.74) is 0. The third-order valence-corrected chi connectivity index (χ3v) is 3.81. The van der Waals surface area contributed by atoms with E-state index in [2.05, 4.69) is 39.4 Å². The zero-order chi connectivity index (χ0) is 13.2. The Kier molecular flexibility index (Phi) is 3.79. The van der Waals surface area contributed by atoms with Gasteiger partial charge < -0.3 is 19.5 Å². The molecule has 3 heterocycles. The first kappa shape index (κ1) is 13.0. The largest absolute Gasteiger partial charge is 0.366 e. The lowest BCUT2D eigenvalue weighted by molar-refractivity contribution is 0.00755. The predicted molar refractivity (Wildman–Crippen MR) is 68.7 cm³/mol. The van der Waals surface area contributed by atoms with Gasteiger partial charge in [-0.3, -0.25) is 4.90 Å². The van der Waals surface area contributed by atoms with Crippen molar-refractivity contribution in [1.29, 1.82) is 0 Å². The van der Waals surface area contributed by atoms with Gasteiger partial charge in [-0.15, -0.1) is 0 Å². The highest BCUT2D eigenvalue weighted by Crippen LogP contribution is 2.23. The average molecular weight is 267 g/mol. The van der Waals surface area contributed by atoms with Crippen molar-refractivity contribution in [3.8, 4) is 0 Å². The summed E-state index contributed by atoms with van der Waals surface area (Å²) in [7, 11) is 4.22. The number of nitrogens with zero attached hydrogens (tertiary/aromatic N) is 4. The molecule has 2 saturated heterocycles. The van der Waals surface area contributed by atoms with Crippen molar-refractivity contribution >= 4 is 0 Å². The standard InChI is InChI=1S/C12H21N5O2/c1-16-4-5-17(2)9(8-16)11-14-12(19-15-11)10-7-13-3-6-18-10/h9-10,13H,3-8H2,1-2H3. The normalized spacial score (nSPS) is 30.6. The molecule has 0 amide bonds. The molecule has 0 bridgehead atoms. The minimum atomic E-state index is -0.110. The molecule has 0 saturated carbocycles. The number of likely N-dealkylation sites (N-methyl/N-ethyl adjacent to an activating group) is 2. The van der Waals surface area contributed by atoms with E-state index in [-0.39, 0.29) is 12.1 Å². The van der Waals surface area contributed by atoms with Crippen LogP contribution in [0.5, 0.6) is 0 Å². The first-order valence-corrected chi connectivity index (χ1v) is 6.78. The van der Waals surface area contributed by atoms with Crippen LogP contribution in [-0.4, -0.2) is 73.4 Å². The topological polar surface area (TPSA) is 66.7 Å². The Morgan fingerprint density at radius 3 is 3.00 bits per heavy atom. The maximum atomic E-state index is 5.63. The number of morpholine rings is 1. The van der Waals surface area contributed by atoms with E-state index in [4.69, 9.17) is 9.26 Å². The first-order chi connectivity index (χ1) is 9.24. The Morgan fingerprint density at radius 2 is 2.21 bits per heavy atom. The van der Waals surface area contributed by atoms with Crippen LogP contribution in [0.25, 0.3) is 0 Å². The van der Waals surface area contributed by atoms with Gasteiger partial charge in [0, 0.05) is 32.7 Å². The van der Waals surface area contributed by atoms with Gasteiger partial charge >= 0.3 is 0 Å². The Balaban J connectivity index is 1.72. The van der Waals surface area contributed by atoms with Crippen molar-refractivity contribution in [1.82, 2.24) is 25.3 Å². The molecule has 7 nitrogen and oxygen atoms in total. The van der Waals surface area contributed by atoms with Crippen LogP contribution < -0.4 is 5.32 Å². The Hall–Kier alpha value is -1.02. The molecular weight excluding hydrogens is 246 g/mol. The van der Waals surface area contributed by atoms with E-state index >= 15 is 0 Å². The van der Waals surface area contributed by atoms with Gasteiger partial charge in [-0.2, -0.15) is 4.98 Å². The monoisotopic (exact) mass is 267 g/mol. The molecule has 2 fully saturated rings. The van der Waals surface area contributed by atoms with E-state index in [1.807, 2.05) is 0 Å². The summed E-state index contributed by atoms with van der Waals surface area (Å²) >= 11 is 0. The van der Waals surface area contributed by atoms with Crippen LogP contribution in [0.4, 0.5) is 0 Å². The van der Waals surface area contributed by atoms with E-state index in [0.717, 1.165) is 38.5 Å². The minimum Gasteiger partial charge on any atom is -0.366 e. The highest BCUT2D eigenvalue weighted by molar-refractivity contribution is 5.00.